The van der Waals surface area contributed by atoms with Gasteiger partial charge >= 0.3 is 0 Å². The van der Waals surface area contributed by atoms with Crippen LogP contribution in [0.3, 0.4) is 0 Å². The van der Waals surface area contributed by atoms with Crippen molar-refractivity contribution in [3.05, 3.63) is 47.7 Å². The molecule has 0 unspecified atom stereocenters. The molecule has 9 heteroatoms. The molecule has 2 heterocycles. The first kappa shape index (κ1) is 20.5. The fraction of sp³-hybridized carbons (Fsp3) is 0.400. The average molecular weight is 399 g/mol. The van der Waals surface area contributed by atoms with Crippen molar-refractivity contribution < 1.29 is 18.9 Å². The van der Waals surface area contributed by atoms with Crippen molar-refractivity contribution in [3.8, 4) is 0 Å². The molecule has 0 aliphatic carbocycles. The molecule has 2 aromatic rings. The zero-order valence-electron chi connectivity index (χ0n) is 16.6. The number of nitrogens with zero attached hydrogens (tertiary/aromatic N) is 3. The summed E-state index contributed by atoms with van der Waals surface area (Å²) in [7, 11) is 0. The molecule has 1 aromatic heterocycles. The number of nitrogens with one attached hydrogen (secondary N) is 2. The van der Waals surface area contributed by atoms with Gasteiger partial charge in [0.15, 0.2) is 5.82 Å². The van der Waals surface area contributed by atoms with Crippen LogP contribution in [0.15, 0.2) is 40.9 Å². The summed E-state index contributed by atoms with van der Waals surface area (Å²) < 4.78 is 4.92. The van der Waals surface area contributed by atoms with Crippen LogP contribution >= 0.6 is 0 Å². The molecule has 2 N–H and O–H groups in total. The maximum Gasteiger partial charge on any atom is 0.251 e. The van der Waals surface area contributed by atoms with E-state index in [0.29, 0.717) is 43.3 Å². The first-order valence-corrected chi connectivity index (χ1v) is 9.52. The smallest absolute Gasteiger partial charge is 0.251 e. The third kappa shape index (κ3) is 5.64. The maximum absolute atomic E-state index is 12.6. The second-order valence-electron chi connectivity index (χ2n) is 7.03. The predicted octanol–water partition coefficient (Wildman–Crippen LogP) is 0.884. The molecule has 29 heavy (non-hydrogen) atoms. The lowest BCUT2D eigenvalue weighted by Gasteiger charge is -2.35. The second kappa shape index (κ2) is 9.33. The molecule has 1 aliphatic rings. The van der Waals surface area contributed by atoms with Crippen LogP contribution in [0.4, 0.5) is 5.82 Å². The van der Waals surface area contributed by atoms with Gasteiger partial charge in [0.2, 0.25) is 11.8 Å². The minimum absolute atomic E-state index is 0.128. The zero-order valence-corrected chi connectivity index (χ0v) is 16.6. The van der Waals surface area contributed by atoms with E-state index in [1.165, 1.54) is 0 Å². The van der Waals surface area contributed by atoms with Gasteiger partial charge in [-0.05, 0) is 26.0 Å². The first-order valence-electron chi connectivity index (χ1n) is 9.52. The lowest BCUT2D eigenvalue weighted by atomic mass is 10.2. The fourth-order valence-corrected chi connectivity index (χ4v) is 3.14. The number of piperazine rings is 1. The highest BCUT2D eigenvalue weighted by molar-refractivity contribution is 5.97. The molecule has 3 amide bonds. The highest BCUT2D eigenvalue weighted by Crippen LogP contribution is 2.09. The minimum Gasteiger partial charge on any atom is -0.360 e. The normalized spacial score (nSPS) is 15.6. The van der Waals surface area contributed by atoms with Crippen LogP contribution < -0.4 is 10.6 Å². The number of hydrogen-bond donors (Lipinski definition) is 2. The number of carbonyl (C=O) groups is 3. The second-order valence-corrected chi connectivity index (χ2v) is 7.03. The quantitative estimate of drug-likeness (QED) is 0.747. The lowest BCUT2D eigenvalue weighted by molar-refractivity contribution is -0.134. The molecule has 1 aliphatic heterocycles. The van der Waals surface area contributed by atoms with Crippen LogP contribution in [0.5, 0.6) is 0 Å². The number of aryl methyl sites for hydroxylation is 1. The molecular weight excluding hydrogens is 374 g/mol. The van der Waals surface area contributed by atoms with E-state index in [2.05, 4.69) is 15.8 Å². The molecule has 3 rings (SSSR count). The molecule has 1 aromatic carbocycles. The van der Waals surface area contributed by atoms with Crippen LogP contribution in [0, 0.1) is 6.92 Å². The lowest BCUT2D eigenvalue weighted by Crippen LogP contribution is -2.55. The Labute approximate surface area is 169 Å². The maximum atomic E-state index is 12.6. The molecule has 1 atom stereocenters. The average Bonchev–Trinajstić information content (AvgIpc) is 3.13. The van der Waals surface area contributed by atoms with Gasteiger partial charge in [0.25, 0.3) is 5.91 Å². The number of benzene rings is 1. The first-order chi connectivity index (χ1) is 13.9. The van der Waals surface area contributed by atoms with Crippen LogP contribution in [0.25, 0.3) is 0 Å². The fourth-order valence-electron chi connectivity index (χ4n) is 3.14. The third-order valence-corrected chi connectivity index (χ3v) is 4.70. The van der Waals surface area contributed by atoms with Crippen molar-refractivity contribution in [1.29, 1.82) is 0 Å². The Hall–Kier alpha value is -3.20. The Morgan fingerprint density at radius 2 is 1.83 bits per heavy atom. The summed E-state index contributed by atoms with van der Waals surface area (Å²) in [5, 5.41) is 9.16. The van der Waals surface area contributed by atoms with Crippen molar-refractivity contribution in [2.24, 2.45) is 0 Å². The summed E-state index contributed by atoms with van der Waals surface area (Å²) in [6, 6.07) is 9.83. The highest BCUT2D eigenvalue weighted by atomic mass is 16.5. The summed E-state index contributed by atoms with van der Waals surface area (Å²) in [6.07, 6.45) is 0. The van der Waals surface area contributed by atoms with Crippen LogP contribution in [-0.4, -0.2) is 71.4 Å². The molecular formula is C20H25N5O4. The van der Waals surface area contributed by atoms with Gasteiger partial charge in [-0.3, -0.25) is 19.3 Å². The van der Waals surface area contributed by atoms with Crippen LogP contribution in [0.1, 0.15) is 23.0 Å². The van der Waals surface area contributed by atoms with Gasteiger partial charge in [-0.25, -0.2) is 0 Å². The number of carbonyl (C=O) groups excluding carboxylic acids is 3. The van der Waals surface area contributed by atoms with Gasteiger partial charge in [-0.2, -0.15) is 0 Å². The Balaban J connectivity index is 1.42. The standard InChI is InChI=1S/C20H25N5O4/c1-14-12-17(23-29-14)22-18(26)13-24-8-10-25(11-9-24)20(28)15(2)21-19(27)16-6-4-3-5-7-16/h3-7,12,15H,8-11,13H2,1-2H3,(H,21,27)(H,22,23,26)/t15-/m0/s1. The minimum atomic E-state index is -0.618. The summed E-state index contributed by atoms with van der Waals surface area (Å²) in [6.45, 7) is 5.81. The molecule has 0 spiro atoms. The number of hydrogen-bond acceptors (Lipinski definition) is 6. The molecule has 1 saturated heterocycles. The van der Waals surface area contributed by atoms with E-state index in [9.17, 15) is 14.4 Å². The van der Waals surface area contributed by atoms with E-state index in [1.807, 2.05) is 11.0 Å². The third-order valence-electron chi connectivity index (χ3n) is 4.70. The van der Waals surface area contributed by atoms with Gasteiger partial charge in [0.1, 0.15) is 11.8 Å². The number of rotatable bonds is 6. The van der Waals surface area contributed by atoms with Gasteiger partial charge in [-0.1, -0.05) is 23.4 Å². The SMILES string of the molecule is Cc1cc(NC(=O)CN2CCN(C(=O)[C@H](C)NC(=O)c3ccccc3)CC2)no1. The van der Waals surface area contributed by atoms with E-state index in [0.717, 1.165) is 0 Å². The van der Waals surface area contributed by atoms with Crippen molar-refractivity contribution in [3.63, 3.8) is 0 Å². The van der Waals surface area contributed by atoms with Crippen LogP contribution in [0.2, 0.25) is 0 Å². The number of anilines is 1. The van der Waals surface area contributed by atoms with E-state index in [-0.39, 0.29) is 24.3 Å². The zero-order chi connectivity index (χ0) is 20.8. The topological polar surface area (TPSA) is 108 Å². The van der Waals surface area contributed by atoms with Gasteiger partial charge in [-0.15, -0.1) is 0 Å². The van der Waals surface area contributed by atoms with E-state index in [4.69, 9.17) is 4.52 Å². The molecule has 0 saturated carbocycles. The van der Waals surface area contributed by atoms with E-state index >= 15 is 0 Å². The van der Waals surface area contributed by atoms with Crippen LogP contribution in [-0.2, 0) is 9.59 Å². The Kier molecular flexibility index (Phi) is 6.61. The Morgan fingerprint density at radius 3 is 2.45 bits per heavy atom. The number of amides is 3. The number of aromatic nitrogens is 1. The summed E-state index contributed by atoms with van der Waals surface area (Å²) in [5.41, 5.74) is 0.519. The Bertz CT molecular complexity index is 859. The molecule has 154 valence electrons. The summed E-state index contributed by atoms with van der Waals surface area (Å²) in [4.78, 5) is 40.6. The summed E-state index contributed by atoms with van der Waals surface area (Å²) in [5.74, 6) is 0.438. The monoisotopic (exact) mass is 399 g/mol. The van der Waals surface area contributed by atoms with Crippen molar-refractivity contribution in [1.82, 2.24) is 20.3 Å². The largest absolute Gasteiger partial charge is 0.360 e. The van der Waals surface area contributed by atoms with Crippen molar-refractivity contribution in [2.75, 3.05) is 38.0 Å². The van der Waals surface area contributed by atoms with Gasteiger partial charge in [0.05, 0.1) is 6.54 Å². The molecule has 0 radical (unpaired) electrons. The van der Waals surface area contributed by atoms with Gasteiger partial charge < -0.3 is 20.1 Å². The highest BCUT2D eigenvalue weighted by Gasteiger charge is 2.26. The molecule has 9 nitrogen and oxygen atoms in total. The predicted molar refractivity (Wildman–Crippen MR) is 106 cm³/mol. The van der Waals surface area contributed by atoms with E-state index < -0.39 is 6.04 Å². The van der Waals surface area contributed by atoms with Gasteiger partial charge in [0, 0.05) is 37.8 Å². The van der Waals surface area contributed by atoms with Crippen molar-refractivity contribution >= 4 is 23.5 Å². The Morgan fingerprint density at radius 1 is 1.14 bits per heavy atom. The summed E-state index contributed by atoms with van der Waals surface area (Å²) >= 11 is 0. The van der Waals surface area contributed by atoms with E-state index in [1.54, 1.807) is 49.1 Å². The van der Waals surface area contributed by atoms with Crippen molar-refractivity contribution in [2.45, 2.75) is 19.9 Å². The molecule has 1 fully saturated rings. The molecule has 0 bridgehead atoms.